The van der Waals surface area contributed by atoms with Crippen LogP contribution in [0.2, 0.25) is 5.02 Å². The van der Waals surface area contributed by atoms with Gasteiger partial charge in [0.05, 0.1) is 13.2 Å². The molecular weight excluding hydrogens is 282 g/mol. The van der Waals surface area contributed by atoms with E-state index in [9.17, 15) is 0 Å². The highest BCUT2D eigenvalue weighted by Crippen LogP contribution is 2.19. The van der Waals surface area contributed by atoms with E-state index in [0.29, 0.717) is 0 Å². The van der Waals surface area contributed by atoms with Gasteiger partial charge in [-0.1, -0.05) is 48.0 Å². The number of rotatable bonds is 8. The standard InChI is InChI=1S/C18H22ClNO/c1-2-20(18-10-6-9-17(19)15-18)12-14-21-13-11-16-7-4-3-5-8-16/h3-10,15H,2,11-14H2,1H3. The summed E-state index contributed by atoms with van der Waals surface area (Å²) >= 11 is 6.04. The molecule has 0 saturated heterocycles. The summed E-state index contributed by atoms with van der Waals surface area (Å²) in [7, 11) is 0. The molecule has 0 unspecified atom stereocenters. The molecule has 0 saturated carbocycles. The number of halogens is 1. The van der Waals surface area contributed by atoms with Crippen molar-refractivity contribution in [3.8, 4) is 0 Å². The maximum Gasteiger partial charge on any atom is 0.0641 e. The molecule has 3 heteroatoms. The van der Waals surface area contributed by atoms with Gasteiger partial charge in [0.15, 0.2) is 0 Å². The first-order valence-electron chi connectivity index (χ1n) is 7.42. The molecule has 21 heavy (non-hydrogen) atoms. The highest BCUT2D eigenvalue weighted by Gasteiger charge is 2.04. The van der Waals surface area contributed by atoms with Crippen LogP contribution in [0.25, 0.3) is 0 Å². The Morgan fingerprint density at radius 1 is 1.00 bits per heavy atom. The third-order valence-corrected chi connectivity index (χ3v) is 3.67. The van der Waals surface area contributed by atoms with E-state index in [4.69, 9.17) is 16.3 Å². The molecule has 0 bridgehead atoms. The SMILES string of the molecule is CCN(CCOCCc1ccccc1)c1cccc(Cl)c1. The zero-order valence-electron chi connectivity index (χ0n) is 12.5. The Morgan fingerprint density at radius 3 is 2.52 bits per heavy atom. The number of ether oxygens (including phenoxy) is 1. The molecule has 0 aromatic heterocycles. The quantitative estimate of drug-likeness (QED) is 0.669. The monoisotopic (exact) mass is 303 g/mol. The van der Waals surface area contributed by atoms with Crippen LogP contribution in [0.1, 0.15) is 12.5 Å². The van der Waals surface area contributed by atoms with Gasteiger partial charge in [0, 0.05) is 23.8 Å². The number of likely N-dealkylation sites (N-methyl/N-ethyl adjacent to an activating group) is 1. The minimum absolute atomic E-state index is 0.729. The summed E-state index contributed by atoms with van der Waals surface area (Å²) in [4.78, 5) is 2.27. The number of nitrogens with zero attached hydrogens (tertiary/aromatic N) is 1. The summed E-state index contributed by atoms with van der Waals surface area (Å²) in [6, 6.07) is 18.4. The Bertz CT molecular complexity index is 530. The van der Waals surface area contributed by atoms with Gasteiger partial charge in [-0.3, -0.25) is 0 Å². The molecule has 0 atom stereocenters. The number of hydrogen-bond donors (Lipinski definition) is 0. The Labute approximate surface area is 132 Å². The molecule has 0 amide bonds. The maximum absolute atomic E-state index is 6.04. The zero-order valence-corrected chi connectivity index (χ0v) is 13.2. The molecule has 0 radical (unpaired) electrons. The molecule has 0 spiro atoms. The molecule has 0 heterocycles. The summed E-state index contributed by atoms with van der Waals surface area (Å²) in [5.74, 6) is 0. The van der Waals surface area contributed by atoms with E-state index in [2.05, 4.69) is 42.2 Å². The third kappa shape index (κ3) is 5.41. The molecule has 0 N–H and O–H groups in total. The van der Waals surface area contributed by atoms with Crippen molar-refractivity contribution in [2.45, 2.75) is 13.3 Å². The number of benzene rings is 2. The number of hydrogen-bond acceptors (Lipinski definition) is 2. The summed E-state index contributed by atoms with van der Waals surface area (Å²) in [5, 5.41) is 0.774. The smallest absolute Gasteiger partial charge is 0.0641 e. The van der Waals surface area contributed by atoms with Crippen LogP contribution in [0.5, 0.6) is 0 Å². The van der Waals surface area contributed by atoms with Crippen LogP contribution in [0, 0.1) is 0 Å². The predicted molar refractivity (Wildman–Crippen MR) is 90.3 cm³/mol. The van der Waals surface area contributed by atoms with Crippen molar-refractivity contribution >= 4 is 17.3 Å². The van der Waals surface area contributed by atoms with Gasteiger partial charge in [0.2, 0.25) is 0 Å². The van der Waals surface area contributed by atoms with Gasteiger partial charge in [-0.2, -0.15) is 0 Å². The molecule has 0 aliphatic heterocycles. The Balaban J connectivity index is 1.71. The van der Waals surface area contributed by atoms with Crippen LogP contribution < -0.4 is 4.90 Å². The van der Waals surface area contributed by atoms with Crippen LogP contribution in [-0.2, 0) is 11.2 Å². The Morgan fingerprint density at radius 2 is 1.81 bits per heavy atom. The summed E-state index contributed by atoms with van der Waals surface area (Å²) < 4.78 is 5.75. The second-order valence-corrected chi connectivity index (χ2v) is 5.34. The van der Waals surface area contributed by atoms with Gasteiger partial charge < -0.3 is 9.64 Å². The van der Waals surface area contributed by atoms with Crippen molar-refractivity contribution in [1.82, 2.24) is 0 Å². The lowest BCUT2D eigenvalue weighted by molar-refractivity contribution is 0.143. The Hall–Kier alpha value is -1.51. The van der Waals surface area contributed by atoms with Crippen LogP contribution in [-0.4, -0.2) is 26.3 Å². The van der Waals surface area contributed by atoms with Gasteiger partial charge in [-0.15, -0.1) is 0 Å². The van der Waals surface area contributed by atoms with Crippen LogP contribution in [0.15, 0.2) is 54.6 Å². The Kier molecular flexibility index (Phi) is 6.58. The molecule has 112 valence electrons. The minimum Gasteiger partial charge on any atom is -0.379 e. The lowest BCUT2D eigenvalue weighted by Crippen LogP contribution is -2.27. The zero-order chi connectivity index (χ0) is 14.9. The van der Waals surface area contributed by atoms with Gasteiger partial charge >= 0.3 is 0 Å². The topological polar surface area (TPSA) is 12.5 Å². The fraction of sp³-hybridized carbons (Fsp3) is 0.333. The van der Waals surface area contributed by atoms with E-state index >= 15 is 0 Å². The molecule has 0 aliphatic carbocycles. The van der Waals surface area contributed by atoms with Crippen molar-refractivity contribution < 1.29 is 4.74 Å². The van der Waals surface area contributed by atoms with Crippen molar-refractivity contribution in [3.05, 3.63) is 65.2 Å². The van der Waals surface area contributed by atoms with E-state index in [0.717, 1.165) is 43.4 Å². The molecule has 0 aliphatic rings. The summed E-state index contributed by atoms with van der Waals surface area (Å²) in [5.41, 5.74) is 2.47. The molecular formula is C18H22ClNO. The van der Waals surface area contributed by atoms with Crippen molar-refractivity contribution in [3.63, 3.8) is 0 Å². The maximum atomic E-state index is 6.04. The normalized spacial score (nSPS) is 10.6. The van der Waals surface area contributed by atoms with E-state index in [1.165, 1.54) is 5.56 Å². The molecule has 2 aromatic carbocycles. The summed E-state index contributed by atoms with van der Waals surface area (Å²) in [6.45, 7) is 5.46. The van der Waals surface area contributed by atoms with E-state index < -0.39 is 0 Å². The van der Waals surface area contributed by atoms with Crippen LogP contribution >= 0.6 is 11.6 Å². The van der Waals surface area contributed by atoms with Crippen molar-refractivity contribution in [2.75, 3.05) is 31.2 Å². The lowest BCUT2D eigenvalue weighted by Gasteiger charge is -2.23. The van der Waals surface area contributed by atoms with E-state index in [-0.39, 0.29) is 0 Å². The van der Waals surface area contributed by atoms with Crippen LogP contribution in [0.3, 0.4) is 0 Å². The first kappa shape index (κ1) is 15.9. The van der Waals surface area contributed by atoms with Gasteiger partial charge in [-0.05, 0) is 37.1 Å². The first-order valence-corrected chi connectivity index (χ1v) is 7.79. The van der Waals surface area contributed by atoms with Crippen molar-refractivity contribution in [1.29, 1.82) is 0 Å². The van der Waals surface area contributed by atoms with Crippen molar-refractivity contribution in [2.24, 2.45) is 0 Å². The molecule has 0 fully saturated rings. The second kappa shape index (κ2) is 8.71. The average Bonchev–Trinajstić information content (AvgIpc) is 2.52. The fourth-order valence-electron chi connectivity index (χ4n) is 2.25. The fourth-order valence-corrected chi connectivity index (χ4v) is 2.44. The largest absolute Gasteiger partial charge is 0.379 e. The highest BCUT2D eigenvalue weighted by molar-refractivity contribution is 6.30. The summed E-state index contributed by atoms with van der Waals surface area (Å²) in [6.07, 6.45) is 0.962. The molecule has 2 rings (SSSR count). The van der Waals surface area contributed by atoms with Gasteiger partial charge in [0.1, 0.15) is 0 Å². The first-order chi connectivity index (χ1) is 10.3. The lowest BCUT2D eigenvalue weighted by atomic mass is 10.2. The molecule has 2 aromatic rings. The van der Waals surface area contributed by atoms with E-state index in [1.807, 2.05) is 24.3 Å². The number of anilines is 1. The second-order valence-electron chi connectivity index (χ2n) is 4.91. The van der Waals surface area contributed by atoms with Crippen LogP contribution in [0.4, 0.5) is 5.69 Å². The highest BCUT2D eigenvalue weighted by atomic mass is 35.5. The van der Waals surface area contributed by atoms with Gasteiger partial charge in [-0.25, -0.2) is 0 Å². The molecule has 2 nitrogen and oxygen atoms in total. The van der Waals surface area contributed by atoms with E-state index in [1.54, 1.807) is 0 Å². The third-order valence-electron chi connectivity index (χ3n) is 3.44. The van der Waals surface area contributed by atoms with Gasteiger partial charge in [0.25, 0.3) is 0 Å². The minimum atomic E-state index is 0.729. The predicted octanol–water partition coefficient (Wildman–Crippen LogP) is 4.43. The average molecular weight is 304 g/mol.